The number of nitrogens with zero attached hydrogens (tertiary/aromatic N) is 2. The third-order valence-corrected chi connectivity index (χ3v) is 4.11. The van der Waals surface area contributed by atoms with Crippen molar-refractivity contribution >= 4 is 17.4 Å². The monoisotopic (exact) mass is 281 g/mol. The van der Waals surface area contributed by atoms with Gasteiger partial charge in [-0.25, -0.2) is 4.39 Å². The van der Waals surface area contributed by atoms with Gasteiger partial charge in [0.05, 0.1) is 11.3 Å². The molecule has 1 aromatic carbocycles. The summed E-state index contributed by atoms with van der Waals surface area (Å²) in [5.41, 5.74) is 6.63. The van der Waals surface area contributed by atoms with Crippen molar-refractivity contribution in [2.24, 2.45) is 0 Å². The second-order valence-corrected chi connectivity index (χ2v) is 5.70. The number of hydrogen-bond donors (Lipinski definition) is 1. The molecule has 4 nitrogen and oxygen atoms in total. The zero-order valence-electron chi connectivity index (χ0n) is 10.9. The van der Waals surface area contributed by atoms with Crippen LogP contribution in [0.15, 0.2) is 22.7 Å². The van der Waals surface area contributed by atoms with E-state index in [1.807, 2.05) is 0 Å². The second-order valence-electron chi connectivity index (χ2n) is 4.28. The lowest BCUT2D eigenvalue weighted by Gasteiger charge is -2.04. The number of halogens is 1. The summed E-state index contributed by atoms with van der Waals surface area (Å²) in [4.78, 5) is 4.24. The lowest BCUT2D eigenvalue weighted by Crippen LogP contribution is -1.95. The van der Waals surface area contributed by atoms with Crippen molar-refractivity contribution in [3.63, 3.8) is 0 Å². The van der Waals surface area contributed by atoms with Crippen LogP contribution in [0.1, 0.15) is 26.1 Å². The summed E-state index contributed by atoms with van der Waals surface area (Å²) in [5, 5.41) is 4.43. The SMILES string of the molecule is CCC(C)SCc1noc(-c2cc(F)ccc2N)n1. The number of rotatable bonds is 5. The number of aromatic nitrogens is 2. The van der Waals surface area contributed by atoms with Gasteiger partial charge in [-0.15, -0.1) is 0 Å². The number of thioether (sulfide) groups is 1. The molecule has 2 N–H and O–H groups in total. The number of anilines is 1. The van der Waals surface area contributed by atoms with Gasteiger partial charge in [-0.05, 0) is 24.6 Å². The van der Waals surface area contributed by atoms with Crippen LogP contribution in [0.2, 0.25) is 0 Å². The average molecular weight is 281 g/mol. The molecular weight excluding hydrogens is 265 g/mol. The highest BCUT2D eigenvalue weighted by atomic mass is 32.2. The van der Waals surface area contributed by atoms with Crippen molar-refractivity contribution < 1.29 is 8.91 Å². The van der Waals surface area contributed by atoms with Gasteiger partial charge in [-0.2, -0.15) is 16.7 Å². The van der Waals surface area contributed by atoms with Gasteiger partial charge in [0.1, 0.15) is 5.82 Å². The Labute approximate surface area is 115 Å². The normalized spacial score (nSPS) is 12.6. The van der Waals surface area contributed by atoms with Gasteiger partial charge in [0, 0.05) is 10.9 Å². The third-order valence-electron chi connectivity index (χ3n) is 2.79. The molecule has 0 spiro atoms. The van der Waals surface area contributed by atoms with Gasteiger partial charge in [-0.1, -0.05) is 19.0 Å². The first kappa shape index (κ1) is 13.9. The summed E-state index contributed by atoms with van der Waals surface area (Å²) < 4.78 is 18.3. The lowest BCUT2D eigenvalue weighted by atomic mass is 10.2. The molecule has 1 aromatic heterocycles. The Morgan fingerprint density at radius 2 is 2.26 bits per heavy atom. The topological polar surface area (TPSA) is 64.9 Å². The third kappa shape index (κ3) is 3.47. The summed E-state index contributed by atoms with van der Waals surface area (Å²) in [7, 11) is 0. The Balaban J connectivity index is 2.14. The van der Waals surface area contributed by atoms with Crippen LogP contribution in [0.25, 0.3) is 11.5 Å². The van der Waals surface area contributed by atoms with Crippen molar-refractivity contribution in [1.29, 1.82) is 0 Å². The summed E-state index contributed by atoms with van der Waals surface area (Å²) in [6.45, 7) is 4.28. The molecule has 0 aliphatic rings. The Hall–Kier alpha value is -1.56. The molecule has 1 heterocycles. The van der Waals surface area contributed by atoms with Gasteiger partial charge < -0.3 is 10.3 Å². The number of nitrogen functional groups attached to an aromatic ring is 1. The fourth-order valence-electron chi connectivity index (χ4n) is 1.47. The van der Waals surface area contributed by atoms with E-state index in [0.717, 1.165) is 6.42 Å². The average Bonchev–Trinajstić information content (AvgIpc) is 2.87. The fraction of sp³-hybridized carbons (Fsp3) is 0.385. The maximum absolute atomic E-state index is 13.2. The van der Waals surface area contributed by atoms with E-state index in [9.17, 15) is 4.39 Å². The molecule has 0 fully saturated rings. The van der Waals surface area contributed by atoms with E-state index in [1.165, 1.54) is 18.2 Å². The Morgan fingerprint density at radius 1 is 1.47 bits per heavy atom. The Morgan fingerprint density at radius 3 is 3.00 bits per heavy atom. The molecule has 1 unspecified atom stereocenters. The van der Waals surface area contributed by atoms with Crippen molar-refractivity contribution in [2.75, 3.05) is 5.73 Å². The molecule has 0 radical (unpaired) electrons. The van der Waals surface area contributed by atoms with Crippen LogP contribution in [-0.4, -0.2) is 15.4 Å². The largest absolute Gasteiger partial charge is 0.398 e. The first-order valence-corrected chi connectivity index (χ1v) is 7.14. The molecule has 0 amide bonds. The molecular formula is C13H16FN3OS. The van der Waals surface area contributed by atoms with Crippen molar-refractivity contribution in [3.05, 3.63) is 29.8 Å². The first-order valence-electron chi connectivity index (χ1n) is 6.09. The number of benzene rings is 1. The molecule has 19 heavy (non-hydrogen) atoms. The minimum atomic E-state index is -0.377. The van der Waals surface area contributed by atoms with Gasteiger partial charge in [0.15, 0.2) is 5.82 Å². The van der Waals surface area contributed by atoms with Gasteiger partial charge >= 0.3 is 0 Å². The van der Waals surface area contributed by atoms with Crippen molar-refractivity contribution in [1.82, 2.24) is 10.1 Å². The second kappa shape index (κ2) is 6.06. The van der Waals surface area contributed by atoms with E-state index in [2.05, 4.69) is 24.0 Å². The summed E-state index contributed by atoms with van der Waals surface area (Å²) >= 11 is 1.76. The summed E-state index contributed by atoms with van der Waals surface area (Å²) in [6, 6.07) is 4.09. The van der Waals surface area contributed by atoms with E-state index in [1.54, 1.807) is 11.8 Å². The molecule has 1 atom stereocenters. The molecule has 2 rings (SSSR count). The molecule has 6 heteroatoms. The van der Waals surface area contributed by atoms with Gasteiger partial charge in [-0.3, -0.25) is 0 Å². The van der Waals surface area contributed by atoms with Crippen LogP contribution in [0, 0.1) is 5.82 Å². The molecule has 2 aromatic rings. The molecule has 0 bridgehead atoms. The summed E-state index contributed by atoms with van der Waals surface area (Å²) in [5.74, 6) is 1.16. The van der Waals surface area contributed by atoms with Crippen LogP contribution in [0.4, 0.5) is 10.1 Å². The molecule has 0 saturated carbocycles. The van der Waals surface area contributed by atoms with Gasteiger partial charge in [0.25, 0.3) is 5.89 Å². The molecule has 0 aliphatic carbocycles. The molecule has 0 aliphatic heterocycles. The number of hydrogen-bond acceptors (Lipinski definition) is 5. The predicted octanol–water partition coefficient (Wildman–Crippen LogP) is 3.49. The highest BCUT2D eigenvalue weighted by molar-refractivity contribution is 7.99. The zero-order chi connectivity index (χ0) is 13.8. The highest BCUT2D eigenvalue weighted by Gasteiger charge is 2.13. The van der Waals surface area contributed by atoms with Crippen LogP contribution < -0.4 is 5.73 Å². The zero-order valence-corrected chi connectivity index (χ0v) is 11.7. The van der Waals surface area contributed by atoms with Crippen LogP contribution in [0.5, 0.6) is 0 Å². The van der Waals surface area contributed by atoms with Gasteiger partial charge in [0.2, 0.25) is 0 Å². The molecule has 0 saturated heterocycles. The van der Waals surface area contributed by atoms with Crippen molar-refractivity contribution in [3.8, 4) is 11.5 Å². The predicted molar refractivity (Wildman–Crippen MR) is 75.2 cm³/mol. The highest BCUT2D eigenvalue weighted by Crippen LogP contribution is 2.26. The van der Waals surface area contributed by atoms with Crippen LogP contribution >= 0.6 is 11.8 Å². The smallest absolute Gasteiger partial charge is 0.260 e. The standard InChI is InChI=1S/C13H16FN3OS/c1-3-8(2)19-7-12-16-13(18-17-12)10-6-9(14)4-5-11(10)15/h4-6,8H,3,7,15H2,1-2H3. The van der Waals surface area contributed by atoms with E-state index in [0.29, 0.717) is 28.1 Å². The maximum Gasteiger partial charge on any atom is 0.260 e. The summed E-state index contributed by atoms with van der Waals surface area (Å²) in [6.07, 6.45) is 1.09. The fourth-order valence-corrected chi connectivity index (χ4v) is 2.26. The van der Waals surface area contributed by atoms with E-state index >= 15 is 0 Å². The van der Waals surface area contributed by atoms with E-state index < -0.39 is 0 Å². The maximum atomic E-state index is 13.2. The quantitative estimate of drug-likeness (QED) is 0.850. The molecule has 102 valence electrons. The number of nitrogens with two attached hydrogens (primary N) is 1. The first-order chi connectivity index (χ1) is 9.10. The minimum absolute atomic E-state index is 0.261. The van der Waals surface area contributed by atoms with E-state index in [-0.39, 0.29) is 11.7 Å². The lowest BCUT2D eigenvalue weighted by molar-refractivity contribution is 0.425. The Kier molecular flexibility index (Phi) is 4.42. The van der Waals surface area contributed by atoms with Crippen LogP contribution in [0.3, 0.4) is 0 Å². The van der Waals surface area contributed by atoms with E-state index in [4.69, 9.17) is 10.3 Å². The van der Waals surface area contributed by atoms with Crippen LogP contribution in [-0.2, 0) is 5.75 Å². The van der Waals surface area contributed by atoms with Crippen molar-refractivity contribution in [2.45, 2.75) is 31.3 Å². The minimum Gasteiger partial charge on any atom is -0.398 e. The Bertz CT molecular complexity index is 559.